The average molecular weight is 350 g/mol. The standard InChI is InChI=1S/C20H22N4O2/c1-14(24(2)15-8-4-3-5-9-15)13-21-20(26)18-12-17(22-23-18)16-10-6-7-11-19(16)25/h3-12,14,25H,13H2,1-2H3,(H,21,26)(H,22,23)/t14-/m0/s1. The molecule has 3 aromatic rings. The van der Waals surface area contributed by atoms with Crippen LogP contribution in [-0.2, 0) is 0 Å². The second-order valence-corrected chi connectivity index (χ2v) is 6.19. The predicted octanol–water partition coefficient (Wildman–Crippen LogP) is 3.04. The second kappa shape index (κ2) is 7.74. The van der Waals surface area contributed by atoms with Gasteiger partial charge in [0.1, 0.15) is 11.4 Å². The molecule has 0 radical (unpaired) electrons. The van der Waals surface area contributed by atoms with E-state index in [2.05, 4.69) is 20.4 Å². The van der Waals surface area contributed by atoms with Gasteiger partial charge in [0.25, 0.3) is 5.91 Å². The fourth-order valence-corrected chi connectivity index (χ4v) is 2.66. The summed E-state index contributed by atoms with van der Waals surface area (Å²) in [4.78, 5) is 14.5. The largest absolute Gasteiger partial charge is 0.507 e. The number of para-hydroxylation sites is 2. The molecule has 0 unspecified atom stereocenters. The molecule has 134 valence electrons. The molecule has 0 aliphatic carbocycles. The van der Waals surface area contributed by atoms with Crippen molar-refractivity contribution in [3.05, 3.63) is 66.4 Å². The Labute approximate surface area is 152 Å². The number of amides is 1. The lowest BCUT2D eigenvalue weighted by Gasteiger charge is -2.27. The summed E-state index contributed by atoms with van der Waals surface area (Å²) in [6, 6.07) is 18.7. The van der Waals surface area contributed by atoms with Crippen molar-refractivity contribution in [2.24, 2.45) is 0 Å². The first-order valence-electron chi connectivity index (χ1n) is 8.46. The summed E-state index contributed by atoms with van der Waals surface area (Å²) in [5, 5.41) is 19.7. The van der Waals surface area contributed by atoms with Crippen molar-refractivity contribution < 1.29 is 9.90 Å². The van der Waals surface area contributed by atoms with Crippen LogP contribution in [0.15, 0.2) is 60.7 Å². The number of H-pyrrole nitrogens is 1. The summed E-state index contributed by atoms with van der Waals surface area (Å²) >= 11 is 0. The van der Waals surface area contributed by atoms with E-state index in [9.17, 15) is 9.90 Å². The van der Waals surface area contributed by atoms with Gasteiger partial charge in [0.15, 0.2) is 0 Å². The first-order valence-corrected chi connectivity index (χ1v) is 8.46. The monoisotopic (exact) mass is 350 g/mol. The van der Waals surface area contributed by atoms with Crippen LogP contribution in [-0.4, -0.2) is 40.8 Å². The number of hydrogen-bond donors (Lipinski definition) is 3. The molecule has 3 rings (SSSR count). The third-order valence-electron chi connectivity index (χ3n) is 4.39. The van der Waals surface area contributed by atoms with Crippen molar-refractivity contribution in [1.29, 1.82) is 0 Å². The number of aromatic amines is 1. The lowest BCUT2D eigenvalue weighted by Crippen LogP contribution is -2.40. The third-order valence-corrected chi connectivity index (χ3v) is 4.39. The number of likely N-dealkylation sites (N-methyl/N-ethyl adjacent to an activating group) is 1. The van der Waals surface area contributed by atoms with E-state index in [4.69, 9.17) is 0 Å². The zero-order valence-corrected chi connectivity index (χ0v) is 14.8. The number of hydrogen-bond acceptors (Lipinski definition) is 4. The van der Waals surface area contributed by atoms with Gasteiger partial charge in [-0.05, 0) is 37.3 Å². The molecule has 0 saturated carbocycles. The van der Waals surface area contributed by atoms with E-state index in [1.54, 1.807) is 24.3 Å². The number of nitrogens with one attached hydrogen (secondary N) is 2. The molecule has 0 bridgehead atoms. The van der Waals surface area contributed by atoms with E-state index in [0.717, 1.165) is 5.69 Å². The van der Waals surface area contributed by atoms with Gasteiger partial charge < -0.3 is 15.3 Å². The second-order valence-electron chi connectivity index (χ2n) is 6.19. The molecule has 1 aromatic heterocycles. The van der Waals surface area contributed by atoms with Crippen LogP contribution < -0.4 is 10.2 Å². The van der Waals surface area contributed by atoms with Crippen molar-refractivity contribution in [3.63, 3.8) is 0 Å². The van der Waals surface area contributed by atoms with Crippen LogP contribution in [0.3, 0.4) is 0 Å². The maximum atomic E-state index is 12.4. The molecule has 1 amide bonds. The van der Waals surface area contributed by atoms with Gasteiger partial charge in [0.2, 0.25) is 0 Å². The molecule has 1 heterocycles. The van der Waals surface area contributed by atoms with E-state index < -0.39 is 0 Å². The van der Waals surface area contributed by atoms with Crippen LogP contribution in [0.1, 0.15) is 17.4 Å². The summed E-state index contributed by atoms with van der Waals surface area (Å²) in [5.41, 5.74) is 2.57. The van der Waals surface area contributed by atoms with Crippen molar-refractivity contribution in [3.8, 4) is 17.0 Å². The fraction of sp³-hybridized carbons (Fsp3) is 0.200. The minimum absolute atomic E-state index is 0.127. The topological polar surface area (TPSA) is 81.2 Å². The average Bonchev–Trinajstić information content (AvgIpc) is 3.16. The number of phenolic OH excluding ortho intramolecular Hbond substituents is 1. The summed E-state index contributed by atoms with van der Waals surface area (Å²) in [7, 11) is 2.00. The fourth-order valence-electron chi connectivity index (χ4n) is 2.66. The number of anilines is 1. The summed E-state index contributed by atoms with van der Waals surface area (Å²) in [5.74, 6) is -0.100. The quantitative estimate of drug-likeness (QED) is 0.638. The highest BCUT2D eigenvalue weighted by molar-refractivity contribution is 5.93. The zero-order valence-electron chi connectivity index (χ0n) is 14.8. The first-order chi connectivity index (χ1) is 12.6. The number of aromatic hydroxyl groups is 1. The number of aromatic nitrogens is 2. The molecular weight excluding hydrogens is 328 g/mol. The Balaban J connectivity index is 1.61. The molecule has 0 aliphatic rings. The Morgan fingerprint density at radius 2 is 1.88 bits per heavy atom. The van der Waals surface area contributed by atoms with Crippen LogP contribution in [0.5, 0.6) is 5.75 Å². The molecule has 0 spiro atoms. The lowest BCUT2D eigenvalue weighted by molar-refractivity contribution is 0.0946. The predicted molar refractivity (Wildman–Crippen MR) is 102 cm³/mol. The number of benzene rings is 2. The summed E-state index contributed by atoms with van der Waals surface area (Å²) in [6.07, 6.45) is 0. The van der Waals surface area contributed by atoms with Gasteiger partial charge >= 0.3 is 0 Å². The Hall–Kier alpha value is -3.28. The normalized spacial score (nSPS) is 11.8. The van der Waals surface area contributed by atoms with E-state index >= 15 is 0 Å². The van der Waals surface area contributed by atoms with E-state index in [-0.39, 0.29) is 17.7 Å². The van der Waals surface area contributed by atoms with Gasteiger partial charge in [-0.25, -0.2) is 0 Å². The van der Waals surface area contributed by atoms with Crippen LogP contribution in [0.4, 0.5) is 5.69 Å². The molecule has 2 aromatic carbocycles. The van der Waals surface area contributed by atoms with Crippen molar-refractivity contribution in [2.75, 3.05) is 18.5 Å². The van der Waals surface area contributed by atoms with Gasteiger partial charge in [-0.3, -0.25) is 9.89 Å². The van der Waals surface area contributed by atoms with Gasteiger partial charge in [-0.2, -0.15) is 5.10 Å². The van der Waals surface area contributed by atoms with Gasteiger partial charge in [0.05, 0.1) is 5.69 Å². The van der Waals surface area contributed by atoms with Crippen LogP contribution in [0.25, 0.3) is 11.3 Å². The summed E-state index contributed by atoms with van der Waals surface area (Å²) < 4.78 is 0. The Bertz CT molecular complexity index is 876. The molecule has 0 aliphatic heterocycles. The van der Waals surface area contributed by atoms with E-state index in [0.29, 0.717) is 23.5 Å². The number of carbonyl (C=O) groups excluding carboxylic acids is 1. The van der Waals surface area contributed by atoms with Crippen molar-refractivity contribution >= 4 is 11.6 Å². The lowest BCUT2D eigenvalue weighted by atomic mass is 10.1. The molecule has 6 heteroatoms. The highest BCUT2D eigenvalue weighted by Crippen LogP contribution is 2.27. The zero-order chi connectivity index (χ0) is 18.5. The Kier molecular flexibility index (Phi) is 5.22. The van der Waals surface area contributed by atoms with Crippen molar-refractivity contribution in [1.82, 2.24) is 15.5 Å². The van der Waals surface area contributed by atoms with Gasteiger partial charge in [-0.15, -0.1) is 0 Å². The number of phenols is 1. The van der Waals surface area contributed by atoms with Gasteiger partial charge in [0, 0.05) is 30.9 Å². The van der Waals surface area contributed by atoms with Crippen molar-refractivity contribution in [2.45, 2.75) is 13.0 Å². The molecule has 1 atom stereocenters. The van der Waals surface area contributed by atoms with Crippen LogP contribution >= 0.6 is 0 Å². The van der Waals surface area contributed by atoms with Gasteiger partial charge in [-0.1, -0.05) is 30.3 Å². The molecule has 26 heavy (non-hydrogen) atoms. The minimum atomic E-state index is -0.229. The summed E-state index contributed by atoms with van der Waals surface area (Å²) in [6.45, 7) is 2.54. The molecule has 0 fully saturated rings. The van der Waals surface area contributed by atoms with E-state index in [1.807, 2.05) is 50.4 Å². The minimum Gasteiger partial charge on any atom is -0.507 e. The first kappa shape index (κ1) is 17.5. The highest BCUT2D eigenvalue weighted by atomic mass is 16.3. The van der Waals surface area contributed by atoms with E-state index in [1.165, 1.54) is 0 Å². The SMILES string of the molecule is C[C@@H](CNC(=O)c1cc(-c2ccccc2O)n[nH]1)N(C)c1ccccc1. The smallest absolute Gasteiger partial charge is 0.269 e. The maximum absolute atomic E-state index is 12.4. The van der Waals surface area contributed by atoms with Crippen LogP contribution in [0.2, 0.25) is 0 Å². The third kappa shape index (κ3) is 3.85. The molecular formula is C20H22N4O2. The number of rotatable bonds is 6. The molecule has 6 nitrogen and oxygen atoms in total. The Morgan fingerprint density at radius 1 is 1.19 bits per heavy atom. The Morgan fingerprint density at radius 3 is 2.62 bits per heavy atom. The highest BCUT2D eigenvalue weighted by Gasteiger charge is 2.15. The number of carbonyl (C=O) groups is 1. The maximum Gasteiger partial charge on any atom is 0.269 e. The number of nitrogens with zero attached hydrogens (tertiary/aromatic N) is 2. The molecule has 3 N–H and O–H groups in total. The molecule has 0 saturated heterocycles. The van der Waals surface area contributed by atoms with Crippen LogP contribution in [0, 0.1) is 0 Å².